The number of anilines is 1. The Morgan fingerprint density at radius 2 is 1.50 bits per heavy atom. The first kappa shape index (κ1) is 31.6. The Balaban J connectivity index is 1.78. The molecule has 0 aromatic heterocycles. The lowest BCUT2D eigenvalue weighted by molar-refractivity contribution is -0.139. The Kier molecular flexibility index (Phi) is 10.7. The SMILES string of the molecule is CNC(=O)[C@@H](Cc1ccccc1)N(Cc1ccc(Br)cc1)C(=O)CN(c1cccc(Cl)c1)S(=O)(=O)c1ccc(Cl)cc1. The number of rotatable bonds is 11. The van der Waals surface area contributed by atoms with E-state index in [9.17, 15) is 18.0 Å². The van der Waals surface area contributed by atoms with Gasteiger partial charge in [-0.15, -0.1) is 0 Å². The molecule has 42 heavy (non-hydrogen) atoms. The molecule has 0 radical (unpaired) electrons. The molecule has 0 spiro atoms. The first-order valence-electron chi connectivity index (χ1n) is 12.9. The maximum Gasteiger partial charge on any atom is 0.264 e. The van der Waals surface area contributed by atoms with Gasteiger partial charge in [0.2, 0.25) is 11.8 Å². The zero-order chi connectivity index (χ0) is 30.3. The number of halogens is 3. The molecule has 0 saturated carbocycles. The Bertz CT molecular complexity index is 1640. The number of benzene rings is 4. The second kappa shape index (κ2) is 14.2. The zero-order valence-corrected chi connectivity index (χ0v) is 26.5. The number of carbonyl (C=O) groups excluding carboxylic acids is 2. The molecule has 7 nitrogen and oxygen atoms in total. The molecule has 4 aromatic rings. The molecule has 0 bridgehead atoms. The van der Waals surface area contributed by atoms with Crippen LogP contribution in [0.3, 0.4) is 0 Å². The molecule has 0 aliphatic carbocycles. The van der Waals surface area contributed by atoms with Crippen LogP contribution in [0.4, 0.5) is 5.69 Å². The van der Waals surface area contributed by atoms with Crippen LogP contribution in [0.1, 0.15) is 11.1 Å². The van der Waals surface area contributed by atoms with Gasteiger partial charge in [0.25, 0.3) is 10.0 Å². The van der Waals surface area contributed by atoms with Gasteiger partial charge in [-0.3, -0.25) is 13.9 Å². The van der Waals surface area contributed by atoms with E-state index in [0.29, 0.717) is 10.0 Å². The van der Waals surface area contributed by atoms with Gasteiger partial charge >= 0.3 is 0 Å². The molecule has 0 saturated heterocycles. The van der Waals surface area contributed by atoms with Crippen molar-refractivity contribution in [1.82, 2.24) is 10.2 Å². The van der Waals surface area contributed by atoms with Crippen LogP contribution in [-0.2, 0) is 32.6 Å². The fourth-order valence-electron chi connectivity index (χ4n) is 4.40. The van der Waals surface area contributed by atoms with E-state index in [4.69, 9.17) is 23.2 Å². The number of likely N-dealkylation sites (N-methyl/N-ethyl adjacent to an activating group) is 1. The van der Waals surface area contributed by atoms with Gasteiger partial charge in [-0.05, 0) is 65.7 Å². The predicted octanol–water partition coefficient (Wildman–Crippen LogP) is 6.34. The number of amides is 2. The van der Waals surface area contributed by atoms with Crippen molar-refractivity contribution in [2.24, 2.45) is 0 Å². The van der Waals surface area contributed by atoms with Crippen molar-refractivity contribution < 1.29 is 18.0 Å². The van der Waals surface area contributed by atoms with Crippen LogP contribution in [0.2, 0.25) is 10.0 Å². The fraction of sp³-hybridized carbons (Fsp3) is 0.161. The summed E-state index contributed by atoms with van der Waals surface area (Å²) in [7, 11) is -2.74. The van der Waals surface area contributed by atoms with E-state index < -0.39 is 28.5 Å². The third-order valence-corrected chi connectivity index (χ3v) is 9.36. The molecule has 1 N–H and O–H groups in total. The number of hydrogen-bond donors (Lipinski definition) is 1. The van der Waals surface area contributed by atoms with Gasteiger partial charge in [0.15, 0.2) is 0 Å². The van der Waals surface area contributed by atoms with Crippen molar-refractivity contribution in [1.29, 1.82) is 0 Å². The van der Waals surface area contributed by atoms with E-state index in [-0.39, 0.29) is 29.5 Å². The Morgan fingerprint density at radius 1 is 0.833 bits per heavy atom. The van der Waals surface area contributed by atoms with Crippen LogP contribution in [0.25, 0.3) is 0 Å². The predicted molar refractivity (Wildman–Crippen MR) is 170 cm³/mol. The van der Waals surface area contributed by atoms with Crippen LogP contribution in [-0.4, -0.2) is 44.8 Å². The van der Waals surface area contributed by atoms with E-state index >= 15 is 0 Å². The minimum absolute atomic E-state index is 0.0497. The minimum atomic E-state index is -4.24. The van der Waals surface area contributed by atoms with Crippen molar-refractivity contribution in [3.05, 3.63) is 129 Å². The van der Waals surface area contributed by atoms with Crippen molar-refractivity contribution in [2.45, 2.75) is 23.9 Å². The van der Waals surface area contributed by atoms with Gasteiger partial charge in [-0.1, -0.05) is 87.7 Å². The Morgan fingerprint density at radius 3 is 2.12 bits per heavy atom. The molecule has 0 aliphatic rings. The highest BCUT2D eigenvalue weighted by Crippen LogP contribution is 2.28. The minimum Gasteiger partial charge on any atom is -0.357 e. The molecular weight excluding hydrogens is 661 g/mol. The monoisotopic (exact) mass is 687 g/mol. The molecule has 218 valence electrons. The van der Waals surface area contributed by atoms with Crippen LogP contribution in [0, 0.1) is 0 Å². The molecule has 2 amide bonds. The van der Waals surface area contributed by atoms with Gasteiger partial charge in [0.1, 0.15) is 12.6 Å². The molecule has 4 rings (SSSR count). The number of nitrogens with zero attached hydrogens (tertiary/aromatic N) is 2. The van der Waals surface area contributed by atoms with Crippen molar-refractivity contribution in [2.75, 3.05) is 17.9 Å². The maximum absolute atomic E-state index is 14.2. The normalized spacial score (nSPS) is 11.9. The molecule has 0 aliphatic heterocycles. The van der Waals surface area contributed by atoms with Gasteiger partial charge in [-0.25, -0.2) is 8.42 Å². The summed E-state index contributed by atoms with van der Waals surface area (Å²) in [6.45, 7) is -0.508. The Labute approximate surface area is 264 Å². The smallest absolute Gasteiger partial charge is 0.264 e. The summed E-state index contributed by atoms with van der Waals surface area (Å²) < 4.78 is 29.8. The first-order valence-corrected chi connectivity index (χ1v) is 15.9. The summed E-state index contributed by atoms with van der Waals surface area (Å²) >= 11 is 15.7. The summed E-state index contributed by atoms with van der Waals surface area (Å²) in [5.74, 6) is -0.945. The van der Waals surface area contributed by atoms with Gasteiger partial charge in [-0.2, -0.15) is 0 Å². The number of carbonyl (C=O) groups is 2. The average molecular weight is 689 g/mol. The Hall–Kier alpha value is -3.37. The highest BCUT2D eigenvalue weighted by molar-refractivity contribution is 9.10. The molecule has 11 heteroatoms. The van der Waals surface area contributed by atoms with Crippen LogP contribution < -0.4 is 9.62 Å². The summed E-state index contributed by atoms with van der Waals surface area (Å²) in [4.78, 5) is 28.9. The van der Waals surface area contributed by atoms with Gasteiger partial charge in [0.05, 0.1) is 10.6 Å². The third kappa shape index (κ3) is 7.92. The summed E-state index contributed by atoms with van der Waals surface area (Å²) in [5, 5.41) is 3.34. The molecule has 0 heterocycles. The fourth-order valence-corrected chi connectivity index (χ4v) is 6.38. The second-order valence-electron chi connectivity index (χ2n) is 9.41. The number of nitrogens with one attached hydrogen (secondary N) is 1. The van der Waals surface area contributed by atoms with Crippen LogP contribution in [0.5, 0.6) is 0 Å². The molecule has 4 aromatic carbocycles. The van der Waals surface area contributed by atoms with Crippen molar-refractivity contribution >= 4 is 66.7 Å². The largest absolute Gasteiger partial charge is 0.357 e. The molecule has 0 fully saturated rings. The standard InChI is InChI=1S/C31H28BrCl2N3O4S/c1-35-31(39)29(18-22-6-3-2-4-7-22)36(20-23-10-12-24(32)13-11-23)30(38)21-37(27-9-5-8-26(34)19-27)42(40,41)28-16-14-25(33)15-17-28/h2-17,19,29H,18,20-21H2,1H3,(H,35,39)/t29-/m1/s1. The molecule has 0 unspecified atom stereocenters. The third-order valence-electron chi connectivity index (χ3n) is 6.56. The highest BCUT2D eigenvalue weighted by atomic mass is 79.9. The van der Waals surface area contributed by atoms with Crippen LogP contribution in [0.15, 0.2) is 112 Å². The van der Waals surface area contributed by atoms with E-state index in [1.165, 1.54) is 42.3 Å². The number of hydrogen-bond acceptors (Lipinski definition) is 4. The average Bonchev–Trinajstić information content (AvgIpc) is 2.98. The van der Waals surface area contributed by atoms with Crippen LogP contribution >= 0.6 is 39.1 Å². The summed E-state index contributed by atoms with van der Waals surface area (Å²) in [5.41, 5.74) is 1.82. The lowest BCUT2D eigenvalue weighted by atomic mass is 10.0. The second-order valence-corrected chi connectivity index (χ2v) is 13.1. The van der Waals surface area contributed by atoms with E-state index in [0.717, 1.165) is 19.9 Å². The van der Waals surface area contributed by atoms with Crippen molar-refractivity contribution in [3.63, 3.8) is 0 Å². The highest BCUT2D eigenvalue weighted by Gasteiger charge is 2.34. The van der Waals surface area contributed by atoms with E-state index in [1.54, 1.807) is 18.2 Å². The van der Waals surface area contributed by atoms with Gasteiger partial charge in [0, 0.05) is 34.5 Å². The lowest BCUT2D eigenvalue weighted by Gasteiger charge is -2.33. The first-order chi connectivity index (χ1) is 20.1. The molecule has 1 atom stereocenters. The lowest BCUT2D eigenvalue weighted by Crippen LogP contribution is -2.53. The van der Waals surface area contributed by atoms with Crippen molar-refractivity contribution in [3.8, 4) is 0 Å². The summed E-state index contributed by atoms with van der Waals surface area (Å²) in [6, 6.07) is 27.7. The topological polar surface area (TPSA) is 86.8 Å². The van der Waals surface area contributed by atoms with E-state index in [2.05, 4.69) is 21.2 Å². The maximum atomic E-state index is 14.2. The summed E-state index contributed by atoms with van der Waals surface area (Å²) in [6.07, 6.45) is 0.226. The van der Waals surface area contributed by atoms with Gasteiger partial charge < -0.3 is 10.2 Å². The zero-order valence-electron chi connectivity index (χ0n) is 22.6. The number of sulfonamides is 1. The van der Waals surface area contributed by atoms with E-state index in [1.807, 2.05) is 54.6 Å². The quantitative estimate of drug-likeness (QED) is 0.199. The molecular formula is C31H28BrCl2N3O4S.